The van der Waals surface area contributed by atoms with Gasteiger partial charge < -0.3 is 9.47 Å². The molecule has 0 aliphatic carbocycles. The summed E-state index contributed by atoms with van der Waals surface area (Å²) in [5.74, 6) is -0.528. The number of halogens is 3. The van der Waals surface area contributed by atoms with Crippen molar-refractivity contribution in [2.45, 2.75) is 0 Å². The lowest BCUT2D eigenvalue weighted by molar-refractivity contribution is 0.103. The molecule has 6 heteroatoms. The van der Waals surface area contributed by atoms with Gasteiger partial charge in [-0.2, -0.15) is 0 Å². The fraction of sp³-hybridized carbons (Fsp3) is 0.133. The minimum absolute atomic E-state index is 0.108. The molecule has 3 nitrogen and oxygen atoms in total. The molecule has 0 unspecified atom stereocenters. The number of hydrogen-bond acceptors (Lipinski definition) is 3. The van der Waals surface area contributed by atoms with E-state index >= 15 is 0 Å². The predicted octanol–water partition coefficient (Wildman–Crippen LogP) is 4.49. The first-order chi connectivity index (χ1) is 9.99. The van der Waals surface area contributed by atoms with E-state index in [9.17, 15) is 9.18 Å². The minimum atomic E-state index is -0.756. The number of benzene rings is 2. The van der Waals surface area contributed by atoms with Crippen molar-refractivity contribution in [2.75, 3.05) is 14.2 Å². The molecule has 2 rings (SSSR count). The van der Waals surface area contributed by atoms with Crippen LogP contribution in [0.25, 0.3) is 0 Å². The van der Waals surface area contributed by atoms with Gasteiger partial charge in [-0.1, -0.05) is 17.7 Å². The zero-order valence-corrected chi connectivity index (χ0v) is 13.6. The molecule has 0 N–H and O–H groups in total. The van der Waals surface area contributed by atoms with Crippen molar-refractivity contribution in [3.63, 3.8) is 0 Å². The molecule has 110 valence electrons. The molecule has 0 amide bonds. The second kappa shape index (κ2) is 6.45. The van der Waals surface area contributed by atoms with Crippen LogP contribution in [0.2, 0.25) is 5.02 Å². The Labute approximate surface area is 134 Å². The molecule has 0 aliphatic heterocycles. The van der Waals surface area contributed by atoms with Crippen molar-refractivity contribution < 1.29 is 18.7 Å². The summed E-state index contributed by atoms with van der Waals surface area (Å²) in [6.07, 6.45) is 0. The van der Waals surface area contributed by atoms with E-state index < -0.39 is 11.6 Å². The van der Waals surface area contributed by atoms with E-state index in [1.807, 2.05) is 0 Å². The molecule has 0 heterocycles. The maximum atomic E-state index is 14.0. The minimum Gasteiger partial charge on any atom is -0.496 e. The van der Waals surface area contributed by atoms with Crippen molar-refractivity contribution >= 4 is 33.3 Å². The van der Waals surface area contributed by atoms with Crippen LogP contribution in [0.1, 0.15) is 15.9 Å². The van der Waals surface area contributed by atoms with E-state index in [-0.39, 0.29) is 16.1 Å². The first-order valence-corrected chi connectivity index (χ1v) is 7.07. The van der Waals surface area contributed by atoms with Gasteiger partial charge in [0.15, 0.2) is 11.6 Å². The van der Waals surface area contributed by atoms with E-state index in [1.54, 1.807) is 6.07 Å². The normalized spacial score (nSPS) is 10.3. The van der Waals surface area contributed by atoms with Gasteiger partial charge in [-0.25, -0.2) is 4.39 Å². The molecular weight excluding hydrogens is 363 g/mol. The van der Waals surface area contributed by atoms with Crippen LogP contribution in [0.3, 0.4) is 0 Å². The van der Waals surface area contributed by atoms with Crippen molar-refractivity contribution in [1.82, 2.24) is 0 Å². The molecule has 0 atom stereocenters. The SMILES string of the molecule is COc1cc(C(=O)c2cccc(Cl)c2F)c(OC)cc1Br. The van der Waals surface area contributed by atoms with Crippen LogP contribution in [0.4, 0.5) is 4.39 Å². The van der Waals surface area contributed by atoms with E-state index in [0.29, 0.717) is 16.0 Å². The molecule has 0 spiro atoms. The van der Waals surface area contributed by atoms with Crippen molar-refractivity contribution in [1.29, 1.82) is 0 Å². The monoisotopic (exact) mass is 372 g/mol. The van der Waals surface area contributed by atoms with Crippen LogP contribution >= 0.6 is 27.5 Å². The highest BCUT2D eigenvalue weighted by Crippen LogP contribution is 2.34. The van der Waals surface area contributed by atoms with E-state index in [4.69, 9.17) is 21.1 Å². The molecule has 0 fully saturated rings. The zero-order chi connectivity index (χ0) is 15.6. The van der Waals surface area contributed by atoms with Gasteiger partial charge in [0.1, 0.15) is 11.5 Å². The molecule has 0 bridgehead atoms. The second-order valence-corrected chi connectivity index (χ2v) is 5.38. The van der Waals surface area contributed by atoms with Gasteiger partial charge in [0.25, 0.3) is 0 Å². The highest BCUT2D eigenvalue weighted by Gasteiger charge is 2.21. The van der Waals surface area contributed by atoms with Crippen molar-refractivity contribution in [2.24, 2.45) is 0 Å². The molecule has 2 aromatic carbocycles. The third kappa shape index (κ3) is 3.04. The number of carbonyl (C=O) groups is 1. The fourth-order valence-electron chi connectivity index (χ4n) is 1.86. The third-order valence-electron chi connectivity index (χ3n) is 2.91. The summed E-state index contributed by atoms with van der Waals surface area (Å²) in [5, 5.41) is -0.108. The van der Waals surface area contributed by atoms with Gasteiger partial charge in [-0.15, -0.1) is 0 Å². The Bertz CT molecular complexity index is 704. The van der Waals surface area contributed by atoms with Crippen LogP contribution in [0.5, 0.6) is 11.5 Å². The average Bonchev–Trinajstić information content (AvgIpc) is 2.49. The smallest absolute Gasteiger partial charge is 0.199 e. The summed E-state index contributed by atoms with van der Waals surface area (Å²) in [7, 11) is 2.90. The van der Waals surface area contributed by atoms with Crippen LogP contribution < -0.4 is 9.47 Å². The number of ketones is 1. The third-order valence-corrected chi connectivity index (χ3v) is 3.83. The Hall–Kier alpha value is -1.59. The lowest BCUT2D eigenvalue weighted by Crippen LogP contribution is -2.07. The Morgan fingerprint density at radius 1 is 1.14 bits per heavy atom. The summed E-state index contributed by atoms with van der Waals surface area (Å²) < 4.78 is 25.0. The molecule has 0 aliphatic rings. The van der Waals surface area contributed by atoms with Crippen molar-refractivity contribution in [3.8, 4) is 11.5 Å². The Morgan fingerprint density at radius 2 is 1.81 bits per heavy atom. The van der Waals surface area contributed by atoms with Gasteiger partial charge in [0.05, 0.1) is 34.8 Å². The summed E-state index contributed by atoms with van der Waals surface area (Å²) in [4.78, 5) is 12.5. The number of methoxy groups -OCH3 is 2. The second-order valence-electron chi connectivity index (χ2n) is 4.12. The van der Waals surface area contributed by atoms with Gasteiger partial charge in [-0.05, 0) is 40.2 Å². The van der Waals surface area contributed by atoms with Crippen molar-refractivity contribution in [3.05, 3.63) is 56.8 Å². The molecular formula is C15H11BrClFO3. The number of rotatable bonds is 4. The molecule has 0 saturated carbocycles. The molecule has 0 aromatic heterocycles. The Kier molecular flexibility index (Phi) is 4.85. The van der Waals surface area contributed by atoms with Gasteiger partial charge >= 0.3 is 0 Å². The molecule has 2 aromatic rings. The Morgan fingerprint density at radius 3 is 2.43 bits per heavy atom. The summed E-state index contributed by atoms with van der Waals surface area (Å²) >= 11 is 9.01. The maximum Gasteiger partial charge on any atom is 0.199 e. The lowest BCUT2D eigenvalue weighted by atomic mass is 10.0. The largest absolute Gasteiger partial charge is 0.496 e. The number of carbonyl (C=O) groups excluding carboxylic acids is 1. The van der Waals surface area contributed by atoms with Crippen LogP contribution in [0, 0.1) is 5.82 Å². The first kappa shape index (κ1) is 15.8. The Balaban J connectivity index is 2.60. The van der Waals surface area contributed by atoms with Gasteiger partial charge in [-0.3, -0.25) is 4.79 Å². The topological polar surface area (TPSA) is 35.5 Å². The highest BCUT2D eigenvalue weighted by atomic mass is 79.9. The van der Waals surface area contributed by atoms with Crippen LogP contribution in [-0.2, 0) is 0 Å². The predicted molar refractivity (Wildman–Crippen MR) is 82.1 cm³/mol. The molecule has 21 heavy (non-hydrogen) atoms. The highest BCUT2D eigenvalue weighted by molar-refractivity contribution is 9.10. The zero-order valence-electron chi connectivity index (χ0n) is 11.2. The van der Waals surface area contributed by atoms with E-state index in [0.717, 1.165) is 0 Å². The standard InChI is InChI=1S/C15H11BrClFO3/c1-20-12-7-10(16)13(21-2)6-9(12)15(19)8-4-3-5-11(17)14(8)18/h3-7H,1-2H3. The molecule has 0 saturated heterocycles. The average molecular weight is 374 g/mol. The summed E-state index contributed by atoms with van der Waals surface area (Å²) in [5.41, 5.74) is 0.0730. The first-order valence-electron chi connectivity index (χ1n) is 5.89. The summed E-state index contributed by atoms with van der Waals surface area (Å²) in [6.45, 7) is 0. The summed E-state index contributed by atoms with van der Waals surface area (Å²) in [6, 6.07) is 7.35. The van der Waals surface area contributed by atoms with Gasteiger partial charge in [0, 0.05) is 0 Å². The van der Waals surface area contributed by atoms with Gasteiger partial charge in [0.2, 0.25) is 0 Å². The molecule has 0 radical (unpaired) electrons. The van der Waals surface area contributed by atoms with Crippen LogP contribution in [0.15, 0.2) is 34.8 Å². The maximum absolute atomic E-state index is 14.0. The fourth-order valence-corrected chi connectivity index (χ4v) is 2.52. The number of hydrogen-bond donors (Lipinski definition) is 0. The number of ether oxygens (including phenoxy) is 2. The van der Waals surface area contributed by atoms with E-state index in [1.165, 1.54) is 38.5 Å². The van der Waals surface area contributed by atoms with Crippen LogP contribution in [-0.4, -0.2) is 20.0 Å². The van der Waals surface area contributed by atoms with E-state index in [2.05, 4.69) is 15.9 Å². The lowest BCUT2D eigenvalue weighted by Gasteiger charge is -2.12. The quantitative estimate of drug-likeness (QED) is 0.741.